The third-order valence-electron chi connectivity index (χ3n) is 3.45. The van der Waals surface area contributed by atoms with E-state index in [-0.39, 0.29) is 0 Å². The Morgan fingerprint density at radius 2 is 1.45 bits per heavy atom. The molecule has 0 bridgehead atoms. The number of benzene rings is 3. The lowest BCUT2D eigenvalue weighted by Gasteiger charge is -2.13. The number of allylic oxidation sites excluding steroid dienone is 1. The lowest BCUT2D eigenvalue weighted by atomic mass is 10.1. The quantitative estimate of drug-likeness (QED) is 0.644. The highest BCUT2D eigenvalue weighted by atomic mass is 14.9. The molecule has 0 aromatic heterocycles. The van der Waals surface area contributed by atoms with Crippen molar-refractivity contribution in [3.8, 4) is 0 Å². The van der Waals surface area contributed by atoms with Crippen molar-refractivity contribution in [1.82, 2.24) is 0 Å². The van der Waals surface area contributed by atoms with Gasteiger partial charge in [-0.15, -0.1) is 0 Å². The Morgan fingerprint density at radius 1 is 0.800 bits per heavy atom. The van der Waals surface area contributed by atoms with Crippen LogP contribution >= 0.6 is 0 Å². The predicted molar refractivity (Wildman–Crippen MR) is 88.4 cm³/mol. The summed E-state index contributed by atoms with van der Waals surface area (Å²) >= 11 is 0. The highest BCUT2D eigenvalue weighted by molar-refractivity contribution is 5.96. The molecule has 0 saturated heterocycles. The molecule has 0 atom stereocenters. The summed E-state index contributed by atoms with van der Waals surface area (Å²) in [5, 5.41) is 6.01. The molecule has 0 fully saturated rings. The van der Waals surface area contributed by atoms with Gasteiger partial charge in [-0.05, 0) is 30.0 Å². The normalized spacial score (nSPS) is 10.4. The van der Waals surface area contributed by atoms with Crippen LogP contribution in [-0.2, 0) is 0 Å². The molecule has 0 heterocycles. The second-order valence-corrected chi connectivity index (χ2v) is 4.98. The monoisotopic (exact) mass is 259 g/mol. The van der Waals surface area contributed by atoms with Gasteiger partial charge in [-0.25, -0.2) is 0 Å². The number of anilines is 2. The van der Waals surface area contributed by atoms with E-state index in [9.17, 15) is 0 Å². The van der Waals surface area contributed by atoms with E-state index in [1.807, 2.05) is 19.1 Å². The Labute approximate surface area is 119 Å². The van der Waals surface area contributed by atoms with Crippen LogP contribution in [0.3, 0.4) is 0 Å². The number of nitrogens with one attached hydrogen (secondary N) is 1. The number of para-hydroxylation sites is 1. The molecule has 0 unspecified atom stereocenters. The lowest BCUT2D eigenvalue weighted by Crippen LogP contribution is -1.95. The zero-order valence-corrected chi connectivity index (χ0v) is 11.6. The largest absolute Gasteiger partial charge is 0.355 e. The fourth-order valence-corrected chi connectivity index (χ4v) is 2.44. The van der Waals surface area contributed by atoms with Crippen molar-refractivity contribution in [3.63, 3.8) is 0 Å². The van der Waals surface area contributed by atoms with E-state index in [1.165, 1.54) is 10.8 Å². The molecule has 0 aliphatic rings. The van der Waals surface area contributed by atoms with Gasteiger partial charge in [-0.2, -0.15) is 0 Å². The van der Waals surface area contributed by atoms with Gasteiger partial charge in [0.2, 0.25) is 0 Å². The number of rotatable bonds is 3. The first-order chi connectivity index (χ1) is 9.75. The highest BCUT2D eigenvalue weighted by Crippen LogP contribution is 2.29. The van der Waals surface area contributed by atoms with E-state index < -0.39 is 0 Å². The Kier molecular flexibility index (Phi) is 3.26. The van der Waals surface area contributed by atoms with Crippen molar-refractivity contribution < 1.29 is 0 Å². The van der Waals surface area contributed by atoms with Gasteiger partial charge >= 0.3 is 0 Å². The van der Waals surface area contributed by atoms with E-state index in [4.69, 9.17) is 0 Å². The van der Waals surface area contributed by atoms with Crippen LogP contribution < -0.4 is 5.32 Å². The Balaban J connectivity index is 2.08. The molecule has 1 N–H and O–H groups in total. The maximum absolute atomic E-state index is 4.05. The minimum atomic E-state index is 1.06. The maximum Gasteiger partial charge on any atom is 0.0464 e. The minimum Gasteiger partial charge on any atom is -0.355 e. The van der Waals surface area contributed by atoms with Crippen LogP contribution in [0.25, 0.3) is 16.3 Å². The Morgan fingerprint density at radius 3 is 2.30 bits per heavy atom. The molecule has 1 nitrogen and oxygen atoms in total. The molecule has 0 spiro atoms. The molecular formula is C19H17N. The van der Waals surface area contributed by atoms with Crippen molar-refractivity contribution in [3.05, 3.63) is 78.9 Å². The summed E-state index contributed by atoms with van der Waals surface area (Å²) in [5.41, 5.74) is 4.43. The standard InChI is InChI=1S/C19H17N/c1-14(2)16-10-5-6-12-18(16)20-19-13-7-9-15-8-3-4-11-17(15)19/h3-13,20H,1H2,2H3. The first-order valence-electron chi connectivity index (χ1n) is 6.75. The van der Waals surface area contributed by atoms with Crippen LogP contribution in [0.1, 0.15) is 12.5 Å². The third kappa shape index (κ3) is 2.30. The fourth-order valence-electron chi connectivity index (χ4n) is 2.44. The maximum atomic E-state index is 4.05. The van der Waals surface area contributed by atoms with Crippen molar-refractivity contribution in [2.45, 2.75) is 6.92 Å². The van der Waals surface area contributed by atoms with Gasteiger partial charge in [-0.3, -0.25) is 0 Å². The van der Waals surface area contributed by atoms with Crippen LogP contribution in [0.2, 0.25) is 0 Å². The minimum absolute atomic E-state index is 1.06. The summed E-state index contributed by atoms with van der Waals surface area (Å²) in [4.78, 5) is 0. The van der Waals surface area contributed by atoms with Crippen LogP contribution in [0, 0.1) is 0 Å². The predicted octanol–water partition coefficient (Wildman–Crippen LogP) is 5.62. The second-order valence-electron chi connectivity index (χ2n) is 4.98. The second kappa shape index (κ2) is 5.22. The van der Waals surface area contributed by atoms with Crippen molar-refractivity contribution in [2.75, 3.05) is 5.32 Å². The lowest BCUT2D eigenvalue weighted by molar-refractivity contribution is 1.52. The summed E-state index contributed by atoms with van der Waals surface area (Å²) in [5.74, 6) is 0. The number of hydrogen-bond acceptors (Lipinski definition) is 1. The van der Waals surface area contributed by atoms with Gasteiger partial charge in [0, 0.05) is 22.3 Å². The van der Waals surface area contributed by atoms with Crippen LogP contribution in [0.15, 0.2) is 73.3 Å². The molecule has 3 aromatic carbocycles. The highest BCUT2D eigenvalue weighted by Gasteiger charge is 2.05. The van der Waals surface area contributed by atoms with Crippen molar-refractivity contribution in [2.24, 2.45) is 0 Å². The third-order valence-corrected chi connectivity index (χ3v) is 3.45. The molecule has 3 rings (SSSR count). The summed E-state index contributed by atoms with van der Waals surface area (Å²) in [7, 11) is 0. The molecule has 0 aliphatic heterocycles. The summed E-state index contributed by atoms with van der Waals surface area (Å²) < 4.78 is 0. The average Bonchev–Trinajstić information content (AvgIpc) is 2.48. The summed E-state index contributed by atoms with van der Waals surface area (Å²) in [6.07, 6.45) is 0. The molecule has 0 aliphatic carbocycles. The molecule has 3 aromatic rings. The fraction of sp³-hybridized carbons (Fsp3) is 0.0526. The van der Waals surface area contributed by atoms with Gasteiger partial charge in [0.1, 0.15) is 0 Å². The van der Waals surface area contributed by atoms with Crippen molar-refractivity contribution in [1.29, 1.82) is 0 Å². The first-order valence-corrected chi connectivity index (χ1v) is 6.75. The Hall–Kier alpha value is -2.54. The number of fused-ring (bicyclic) bond motifs is 1. The summed E-state index contributed by atoms with van der Waals surface area (Å²) in [6, 6.07) is 23.0. The molecule has 0 saturated carbocycles. The topological polar surface area (TPSA) is 12.0 Å². The van der Waals surface area contributed by atoms with Crippen LogP contribution in [0.5, 0.6) is 0 Å². The van der Waals surface area contributed by atoms with Gasteiger partial charge in [0.25, 0.3) is 0 Å². The van der Waals surface area contributed by atoms with E-state index >= 15 is 0 Å². The zero-order chi connectivity index (χ0) is 13.9. The zero-order valence-electron chi connectivity index (χ0n) is 11.6. The molecule has 20 heavy (non-hydrogen) atoms. The van der Waals surface area contributed by atoms with E-state index in [0.717, 1.165) is 22.5 Å². The Bertz CT molecular complexity index is 766. The molecule has 0 amide bonds. The van der Waals surface area contributed by atoms with Crippen LogP contribution in [0.4, 0.5) is 11.4 Å². The van der Waals surface area contributed by atoms with E-state index in [2.05, 4.69) is 66.5 Å². The molecular weight excluding hydrogens is 242 g/mol. The smallest absolute Gasteiger partial charge is 0.0464 e. The molecule has 98 valence electrons. The molecule has 0 radical (unpaired) electrons. The van der Waals surface area contributed by atoms with Gasteiger partial charge in [0.05, 0.1) is 0 Å². The molecule has 1 heteroatoms. The van der Waals surface area contributed by atoms with E-state index in [1.54, 1.807) is 0 Å². The van der Waals surface area contributed by atoms with Gasteiger partial charge in [-0.1, -0.05) is 61.2 Å². The van der Waals surface area contributed by atoms with Crippen LogP contribution in [-0.4, -0.2) is 0 Å². The SMILES string of the molecule is C=C(C)c1ccccc1Nc1cccc2ccccc12. The van der Waals surface area contributed by atoms with Gasteiger partial charge < -0.3 is 5.32 Å². The van der Waals surface area contributed by atoms with E-state index in [0.29, 0.717) is 0 Å². The van der Waals surface area contributed by atoms with Crippen molar-refractivity contribution >= 4 is 27.7 Å². The average molecular weight is 259 g/mol. The number of hydrogen-bond donors (Lipinski definition) is 1. The first kappa shape index (κ1) is 12.5. The summed E-state index contributed by atoms with van der Waals surface area (Å²) in [6.45, 7) is 6.08. The van der Waals surface area contributed by atoms with Gasteiger partial charge in [0.15, 0.2) is 0 Å².